The second-order valence-corrected chi connectivity index (χ2v) is 11.1. The van der Waals surface area contributed by atoms with Crippen molar-refractivity contribution in [3.63, 3.8) is 0 Å². The summed E-state index contributed by atoms with van der Waals surface area (Å²) in [6.07, 6.45) is 3.53. The molecule has 202 valence electrons. The van der Waals surface area contributed by atoms with Crippen LogP contribution in [0, 0.1) is 29.6 Å². The molecular formula is C28H37NO8. The highest BCUT2D eigenvalue weighted by Crippen LogP contribution is 2.61. The number of H-pyrrole nitrogens is 1. The van der Waals surface area contributed by atoms with Crippen molar-refractivity contribution in [2.45, 2.75) is 76.3 Å². The van der Waals surface area contributed by atoms with Crippen LogP contribution in [0.15, 0.2) is 42.1 Å². The van der Waals surface area contributed by atoms with Crippen LogP contribution >= 0.6 is 0 Å². The summed E-state index contributed by atoms with van der Waals surface area (Å²) in [5.74, 6) is -2.49. The van der Waals surface area contributed by atoms with Crippen LogP contribution in [0.25, 0.3) is 0 Å². The number of carbonyl (C=O) groups is 2. The lowest BCUT2D eigenvalue weighted by atomic mass is 9.57. The van der Waals surface area contributed by atoms with Gasteiger partial charge in [-0.25, -0.2) is 9.59 Å². The van der Waals surface area contributed by atoms with Gasteiger partial charge in [-0.05, 0) is 38.0 Å². The number of rotatable bonds is 4. The van der Waals surface area contributed by atoms with E-state index in [1.165, 1.54) is 7.11 Å². The standard InChI is InChI=1S/C28H37NO8/c1-13-11-14(2)28-17(12-20(34-5)27(33)35-23(13)16(4)30)8-9-18-21(28)22(31)15(3)24(25(18)37-28)36-26(32)19-7-6-10-29-19/h6-11,13,15-18,20-25,29-31H,12H2,1-5H3/b14-11+/t13-,15-,16-,17-,18+,20+,21+,22-,23+,24-,25-,28+/m1/s1. The average molecular weight is 516 g/mol. The maximum atomic E-state index is 13.1. The summed E-state index contributed by atoms with van der Waals surface area (Å²) in [6, 6.07) is 3.37. The molecular weight excluding hydrogens is 478 g/mol. The first kappa shape index (κ1) is 26.2. The topological polar surface area (TPSA) is 127 Å². The van der Waals surface area contributed by atoms with Gasteiger partial charge in [-0.2, -0.15) is 0 Å². The molecule has 9 nitrogen and oxygen atoms in total. The van der Waals surface area contributed by atoms with E-state index >= 15 is 0 Å². The number of aromatic amines is 1. The maximum Gasteiger partial charge on any atom is 0.355 e. The quantitative estimate of drug-likeness (QED) is 0.412. The van der Waals surface area contributed by atoms with Gasteiger partial charge < -0.3 is 34.1 Å². The lowest BCUT2D eigenvalue weighted by Crippen LogP contribution is -2.57. The van der Waals surface area contributed by atoms with Crippen molar-refractivity contribution in [1.82, 2.24) is 4.98 Å². The first-order valence-electron chi connectivity index (χ1n) is 13.1. The number of cyclic esters (lactones) is 1. The van der Waals surface area contributed by atoms with Crippen LogP contribution in [0.1, 0.15) is 44.6 Å². The Morgan fingerprint density at radius 2 is 2.05 bits per heavy atom. The Morgan fingerprint density at radius 3 is 2.70 bits per heavy atom. The van der Waals surface area contributed by atoms with E-state index < -0.39 is 54.2 Å². The van der Waals surface area contributed by atoms with Crippen LogP contribution in [0.2, 0.25) is 0 Å². The number of hydrogen-bond acceptors (Lipinski definition) is 8. The van der Waals surface area contributed by atoms with Crippen LogP contribution in [0.4, 0.5) is 0 Å². The Hall–Kier alpha value is -2.46. The van der Waals surface area contributed by atoms with E-state index in [1.807, 2.05) is 39.0 Å². The van der Waals surface area contributed by atoms with Gasteiger partial charge in [-0.3, -0.25) is 0 Å². The van der Waals surface area contributed by atoms with Crippen LogP contribution in [-0.2, 0) is 23.7 Å². The molecule has 5 rings (SSSR count). The molecule has 0 radical (unpaired) electrons. The van der Waals surface area contributed by atoms with Crippen molar-refractivity contribution in [1.29, 1.82) is 0 Å². The fraction of sp³-hybridized carbons (Fsp3) is 0.643. The van der Waals surface area contributed by atoms with Gasteiger partial charge in [-0.15, -0.1) is 0 Å². The first-order valence-corrected chi connectivity index (χ1v) is 13.1. The highest BCUT2D eigenvalue weighted by Gasteiger charge is 2.69. The van der Waals surface area contributed by atoms with Crippen LogP contribution in [0.5, 0.6) is 0 Å². The highest BCUT2D eigenvalue weighted by atomic mass is 16.6. The zero-order chi connectivity index (χ0) is 26.6. The van der Waals surface area contributed by atoms with Crippen LogP contribution in [0.3, 0.4) is 0 Å². The van der Waals surface area contributed by atoms with Crippen molar-refractivity contribution in [2.75, 3.05) is 7.11 Å². The molecule has 0 amide bonds. The minimum Gasteiger partial charge on any atom is -0.457 e. The zero-order valence-electron chi connectivity index (χ0n) is 21.9. The minimum absolute atomic E-state index is 0.175. The summed E-state index contributed by atoms with van der Waals surface area (Å²) >= 11 is 0. The molecule has 1 saturated carbocycles. The molecule has 1 saturated heterocycles. The SMILES string of the molecule is CO[C@H]1C[C@H]2C=C[C@@H]3[C@H]4O[C@]2(/C(C)=C/[C@@H](C)[C@@H]([C@@H](C)O)OC1=O)[C@@H]3[C@H](O)[C@@H](C)[C@H]4OC(=O)c1ccc[nH]1. The molecule has 1 spiro atoms. The fourth-order valence-corrected chi connectivity index (χ4v) is 7.14. The van der Waals surface area contributed by atoms with E-state index in [9.17, 15) is 19.8 Å². The number of methoxy groups -OCH3 is 1. The fourth-order valence-electron chi connectivity index (χ4n) is 7.14. The van der Waals surface area contributed by atoms with Gasteiger partial charge in [0.15, 0.2) is 6.10 Å². The van der Waals surface area contributed by atoms with Crippen molar-refractivity contribution in [3.8, 4) is 0 Å². The second kappa shape index (κ2) is 9.69. The number of aromatic nitrogens is 1. The van der Waals surface area contributed by atoms with Crippen LogP contribution < -0.4 is 0 Å². The maximum absolute atomic E-state index is 13.1. The first-order chi connectivity index (χ1) is 17.6. The van der Waals surface area contributed by atoms with Crippen molar-refractivity contribution < 1.29 is 38.7 Å². The molecule has 9 heteroatoms. The molecule has 0 unspecified atom stereocenters. The number of nitrogens with one attached hydrogen (secondary N) is 1. The molecule has 4 bridgehead atoms. The molecule has 1 aromatic heterocycles. The smallest absolute Gasteiger partial charge is 0.355 e. The number of hydrogen-bond donors (Lipinski definition) is 3. The number of aliphatic hydroxyl groups is 2. The molecule has 1 aromatic rings. The Morgan fingerprint density at radius 1 is 1.30 bits per heavy atom. The van der Waals surface area contributed by atoms with Gasteiger partial charge in [0.25, 0.3) is 0 Å². The van der Waals surface area contributed by atoms with Gasteiger partial charge in [0, 0.05) is 42.9 Å². The third-order valence-electron chi connectivity index (χ3n) is 8.94. The number of esters is 2. The predicted octanol–water partition coefficient (Wildman–Crippen LogP) is 2.40. The van der Waals surface area contributed by atoms with Gasteiger partial charge >= 0.3 is 11.9 Å². The monoisotopic (exact) mass is 515 g/mol. The molecule has 2 fully saturated rings. The predicted molar refractivity (Wildman–Crippen MR) is 132 cm³/mol. The third kappa shape index (κ3) is 4.07. The lowest BCUT2D eigenvalue weighted by Gasteiger charge is -2.48. The second-order valence-electron chi connectivity index (χ2n) is 11.1. The molecule has 12 atom stereocenters. The third-order valence-corrected chi connectivity index (χ3v) is 8.94. The van der Waals surface area contributed by atoms with Gasteiger partial charge in [0.2, 0.25) is 0 Å². The number of aliphatic hydroxyl groups excluding tert-OH is 2. The van der Waals surface area contributed by atoms with E-state index in [2.05, 4.69) is 4.98 Å². The van der Waals surface area contributed by atoms with Gasteiger partial charge in [0.05, 0.1) is 12.2 Å². The molecule has 4 aliphatic rings. The van der Waals surface area contributed by atoms with E-state index in [4.69, 9.17) is 18.9 Å². The van der Waals surface area contributed by atoms with E-state index in [1.54, 1.807) is 25.3 Å². The Bertz CT molecular complexity index is 1080. The summed E-state index contributed by atoms with van der Waals surface area (Å²) in [5.41, 5.74) is 0.301. The molecule has 37 heavy (non-hydrogen) atoms. The van der Waals surface area contributed by atoms with Crippen molar-refractivity contribution in [3.05, 3.63) is 47.8 Å². The van der Waals surface area contributed by atoms with E-state index in [0.717, 1.165) is 5.57 Å². The Balaban J connectivity index is 1.58. The molecule has 3 N–H and O–H groups in total. The van der Waals surface area contributed by atoms with Gasteiger partial charge in [-0.1, -0.05) is 32.1 Å². The summed E-state index contributed by atoms with van der Waals surface area (Å²) in [5, 5.41) is 22.1. The summed E-state index contributed by atoms with van der Waals surface area (Å²) in [4.78, 5) is 28.8. The molecule has 2 aliphatic carbocycles. The summed E-state index contributed by atoms with van der Waals surface area (Å²) < 4.78 is 24.2. The Labute approximate surface area is 216 Å². The van der Waals surface area contributed by atoms with Crippen molar-refractivity contribution in [2.24, 2.45) is 29.6 Å². The average Bonchev–Trinajstić information content (AvgIpc) is 3.46. The molecule has 2 aliphatic heterocycles. The largest absolute Gasteiger partial charge is 0.457 e. The Kier molecular flexibility index (Phi) is 6.85. The number of carbonyl (C=O) groups excluding carboxylic acids is 2. The normalized spacial score (nSPS) is 45.3. The summed E-state index contributed by atoms with van der Waals surface area (Å²) in [6.45, 7) is 7.35. The van der Waals surface area contributed by atoms with E-state index in [0.29, 0.717) is 5.69 Å². The molecule has 0 aromatic carbocycles. The number of ether oxygens (including phenoxy) is 4. The highest BCUT2D eigenvalue weighted by molar-refractivity contribution is 5.87. The van der Waals surface area contributed by atoms with Crippen LogP contribution in [-0.4, -0.2) is 76.5 Å². The minimum atomic E-state index is -0.933. The van der Waals surface area contributed by atoms with Crippen molar-refractivity contribution >= 4 is 11.9 Å². The summed E-state index contributed by atoms with van der Waals surface area (Å²) in [7, 11) is 1.46. The zero-order valence-corrected chi connectivity index (χ0v) is 21.9. The lowest BCUT2D eigenvalue weighted by molar-refractivity contribution is -0.172. The van der Waals surface area contributed by atoms with E-state index in [-0.39, 0.29) is 36.0 Å². The molecule has 3 heterocycles. The van der Waals surface area contributed by atoms with Gasteiger partial charge in [0.1, 0.15) is 29.6 Å².